The molecule has 0 aromatic carbocycles. The van der Waals surface area contributed by atoms with Crippen molar-refractivity contribution in [2.24, 2.45) is 0 Å². The van der Waals surface area contributed by atoms with Crippen LogP contribution in [0.1, 0.15) is 18.7 Å². The van der Waals surface area contributed by atoms with E-state index in [2.05, 4.69) is 34.7 Å². The third-order valence-corrected chi connectivity index (χ3v) is 2.51. The molecule has 3 heteroatoms. The molecule has 0 unspecified atom stereocenters. The van der Waals surface area contributed by atoms with Crippen molar-refractivity contribution in [2.75, 3.05) is 20.1 Å². The van der Waals surface area contributed by atoms with Gasteiger partial charge in [-0.05, 0) is 19.5 Å². The van der Waals surface area contributed by atoms with Crippen LogP contribution in [0.2, 0.25) is 0 Å². The summed E-state index contributed by atoms with van der Waals surface area (Å²) < 4.78 is 2.17. The minimum Gasteiger partial charge on any atom is -0.302 e. The second-order valence-electron chi connectivity index (χ2n) is 3.50. The Morgan fingerprint density at radius 1 is 1.58 bits per heavy atom. The van der Waals surface area contributed by atoms with Gasteiger partial charge in [0.15, 0.2) is 0 Å². The summed E-state index contributed by atoms with van der Waals surface area (Å²) in [6, 6.07) is 2.73. The number of likely N-dealkylation sites (N-methyl/N-ethyl adjacent to an activating group) is 1. The van der Waals surface area contributed by atoms with Crippen LogP contribution in [-0.2, 0) is 6.42 Å². The number of aromatic nitrogens is 2. The normalized spacial score (nSPS) is 19.5. The first-order chi connectivity index (χ1) is 5.81. The van der Waals surface area contributed by atoms with Gasteiger partial charge < -0.3 is 4.90 Å². The van der Waals surface area contributed by atoms with E-state index in [1.165, 1.54) is 5.69 Å². The minimum absolute atomic E-state index is 0.625. The zero-order valence-corrected chi connectivity index (χ0v) is 7.70. The van der Waals surface area contributed by atoms with Crippen molar-refractivity contribution in [3.05, 3.63) is 18.0 Å². The maximum Gasteiger partial charge on any atom is 0.0775 e. The van der Waals surface area contributed by atoms with Gasteiger partial charge >= 0.3 is 0 Å². The molecule has 1 aromatic heterocycles. The molecule has 2 heterocycles. The molecule has 0 bridgehead atoms. The minimum atomic E-state index is 0.625. The van der Waals surface area contributed by atoms with Gasteiger partial charge in [0.1, 0.15) is 0 Å². The highest BCUT2D eigenvalue weighted by atomic mass is 15.4. The smallest absolute Gasteiger partial charge is 0.0775 e. The molecule has 0 aliphatic carbocycles. The van der Waals surface area contributed by atoms with E-state index in [4.69, 9.17) is 0 Å². The van der Waals surface area contributed by atoms with E-state index in [0.717, 1.165) is 19.5 Å². The van der Waals surface area contributed by atoms with Crippen LogP contribution in [-0.4, -0.2) is 34.8 Å². The van der Waals surface area contributed by atoms with Gasteiger partial charge in [-0.2, -0.15) is 5.10 Å². The molecule has 1 fully saturated rings. The summed E-state index contributed by atoms with van der Waals surface area (Å²) in [4.78, 5) is 2.31. The summed E-state index contributed by atoms with van der Waals surface area (Å²) in [5.41, 5.74) is 1.35. The monoisotopic (exact) mass is 165 g/mol. The molecule has 2 rings (SSSR count). The van der Waals surface area contributed by atoms with Gasteiger partial charge in [0.05, 0.1) is 6.04 Å². The number of nitrogens with zero attached hydrogens (tertiary/aromatic N) is 3. The fourth-order valence-electron chi connectivity index (χ4n) is 1.77. The standard InChI is InChI=1S/C9H15N3/c1-3-8-4-5-10-12(8)9-6-11(2)7-9/h4-5,9H,3,6-7H2,1-2H3. The maximum atomic E-state index is 4.33. The summed E-state index contributed by atoms with van der Waals surface area (Å²) in [6.07, 6.45) is 2.98. The Kier molecular flexibility index (Phi) is 1.89. The van der Waals surface area contributed by atoms with Crippen LogP contribution < -0.4 is 0 Å². The van der Waals surface area contributed by atoms with E-state index in [-0.39, 0.29) is 0 Å². The highest BCUT2D eigenvalue weighted by Gasteiger charge is 2.26. The molecule has 0 saturated carbocycles. The largest absolute Gasteiger partial charge is 0.302 e. The van der Waals surface area contributed by atoms with Gasteiger partial charge in [0.2, 0.25) is 0 Å². The molecule has 0 atom stereocenters. The Labute approximate surface area is 73.0 Å². The molecule has 1 aliphatic heterocycles. The van der Waals surface area contributed by atoms with Gasteiger partial charge in [-0.3, -0.25) is 4.68 Å². The van der Waals surface area contributed by atoms with Crippen LogP contribution in [0.5, 0.6) is 0 Å². The molecular formula is C9H15N3. The summed E-state index contributed by atoms with van der Waals surface area (Å²) in [7, 11) is 2.14. The molecule has 0 N–H and O–H groups in total. The lowest BCUT2D eigenvalue weighted by molar-refractivity contribution is 0.128. The Morgan fingerprint density at radius 3 is 2.92 bits per heavy atom. The number of hydrogen-bond donors (Lipinski definition) is 0. The maximum absolute atomic E-state index is 4.33. The quantitative estimate of drug-likeness (QED) is 0.650. The van der Waals surface area contributed by atoms with Gasteiger partial charge in [-0.1, -0.05) is 6.92 Å². The third-order valence-electron chi connectivity index (χ3n) is 2.51. The highest BCUT2D eigenvalue weighted by molar-refractivity contribution is 5.03. The fourth-order valence-corrected chi connectivity index (χ4v) is 1.77. The lowest BCUT2D eigenvalue weighted by Gasteiger charge is -2.37. The van der Waals surface area contributed by atoms with Crippen LogP contribution in [0.3, 0.4) is 0 Å². The molecular weight excluding hydrogens is 150 g/mol. The van der Waals surface area contributed by atoms with E-state index in [9.17, 15) is 0 Å². The zero-order valence-electron chi connectivity index (χ0n) is 7.70. The molecule has 0 radical (unpaired) electrons. The number of aryl methyl sites for hydroxylation is 1. The fraction of sp³-hybridized carbons (Fsp3) is 0.667. The lowest BCUT2D eigenvalue weighted by Crippen LogP contribution is -2.45. The Bertz CT molecular complexity index is 260. The van der Waals surface area contributed by atoms with Gasteiger partial charge in [0.25, 0.3) is 0 Å². The summed E-state index contributed by atoms with van der Waals surface area (Å²) in [5, 5.41) is 4.33. The van der Waals surface area contributed by atoms with Gasteiger partial charge in [-0.15, -0.1) is 0 Å². The van der Waals surface area contributed by atoms with Crippen LogP contribution in [0, 0.1) is 0 Å². The third kappa shape index (κ3) is 1.14. The molecule has 3 nitrogen and oxygen atoms in total. The summed E-state index contributed by atoms with van der Waals surface area (Å²) >= 11 is 0. The molecule has 12 heavy (non-hydrogen) atoms. The van der Waals surface area contributed by atoms with Crippen LogP contribution in [0.15, 0.2) is 12.3 Å². The predicted octanol–water partition coefficient (Wildman–Crippen LogP) is 0.932. The second-order valence-corrected chi connectivity index (χ2v) is 3.50. The van der Waals surface area contributed by atoms with E-state index in [1.807, 2.05) is 6.20 Å². The van der Waals surface area contributed by atoms with Crippen molar-refractivity contribution in [1.82, 2.24) is 14.7 Å². The van der Waals surface area contributed by atoms with Crippen molar-refractivity contribution < 1.29 is 0 Å². The molecule has 0 spiro atoms. The van der Waals surface area contributed by atoms with E-state index in [1.54, 1.807) is 0 Å². The summed E-state index contributed by atoms with van der Waals surface area (Å²) in [6.45, 7) is 4.47. The lowest BCUT2D eigenvalue weighted by atomic mass is 10.1. The van der Waals surface area contributed by atoms with Crippen molar-refractivity contribution in [2.45, 2.75) is 19.4 Å². The Hall–Kier alpha value is -0.830. The first kappa shape index (κ1) is 7.80. The average molecular weight is 165 g/mol. The SMILES string of the molecule is CCc1ccnn1C1CN(C)C1. The molecule has 1 aliphatic rings. The zero-order chi connectivity index (χ0) is 8.55. The first-order valence-electron chi connectivity index (χ1n) is 4.52. The van der Waals surface area contributed by atoms with Crippen molar-refractivity contribution in [3.8, 4) is 0 Å². The number of rotatable bonds is 2. The Morgan fingerprint density at radius 2 is 2.33 bits per heavy atom. The molecule has 1 saturated heterocycles. The Balaban J connectivity index is 2.12. The molecule has 0 amide bonds. The van der Waals surface area contributed by atoms with E-state index >= 15 is 0 Å². The topological polar surface area (TPSA) is 21.1 Å². The van der Waals surface area contributed by atoms with Crippen molar-refractivity contribution in [1.29, 1.82) is 0 Å². The number of likely N-dealkylation sites (tertiary alicyclic amines) is 1. The van der Waals surface area contributed by atoms with E-state index in [0.29, 0.717) is 6.04 Å². The highest BCUT2D eigenvalue weighted by Crippen LogP contribution is 2.19. The van der Waals surface area contributed by atoms with Gasteiger partial charge in [0, 0.05) is 25.0 Å². The average Bonchev–Trinajstić information content (AvgIpc) is 2.45. The van der Waals surface area contributed by atoms with Crippen LogP contribution in [0.4, 0.5) is 0 Å². The first-order valence-corrected chi connectivity index (χ1v) is 4.52. The summed E-state index contributed by atoms with van der Waals surface area (Å²) in [5.74, 6) is 0. The van der Waals surface area contributed by atoms with Gasteiger partial charge in [-0.25, -0.2) is 0 Å². The van der Waals surface area contributed by atoms with Crippen molar-refractivity contribution in [3.63, 3.8) is 0 Å². The van der Waals surface area contributed by atoms with Crippen LogP contribution in [0.25, 0.3) is 0 Å². The van der Waals surface area contributed by atoms with Crippen LogP contribution >= 0.6 is 0 Å². The number of hydrogen-bond acceptors (Lipinski definition) is 2. The molecule has 1 aromatic rings. The second kappa shape index (κ2) is 2.90. The predicted molar refractivity (Wildman–Crippen MR) is 48.1 cm³/mol. The molecule has 66 valence electrons. The van der Waals surface area contributed by atoms with Crippen molar-refractivity contribution >= 4 is 0 Å². The van der Waals surface area contributed by atoms with E-state index < -0.39 is 0 Å².